The van der Waals surface area contributed by atoms with E-state index >= 15 is 0 Å². The molecule has 2 N–H and O–H groups in total. The highest BCUT2D eigenvalue weighted by atomic mass is 32.1. The van der Waals surface area contributed by atoms with Crippen molar-refractivity contribution in [3.8, 4) is 10.6 Å². The number of aromatic nitrogens is 4. The lowest BCUT2D eigenvalue weighted by molar-refractivity contribution is 0.102. The normalized spacial score (nSPS) is 10.4. The molecule has 3 rings (SSSR count). The van der Waals surface area contributed by atoms with Gasteiger partial charge in [0.1, 0.15) is 5.82 Å². The van der Waals surface area contributed by atoms with Gasteiger partial charge in [0.15, 0.2) is 10.7 Å². The first-order valence-electron chi connectivity index (χ1n) is 6.08. The Labute approximate surface area is 126 Å². The van der Waals surface area contributed by atoms with Crippen molar-refractivity contribution < 1.29 is 9.18 Å². The van der Waals surface area contributed by atoms with Crippen molar-refractivity contribution in [1.29, 1.82) is 0 Å². The number of nitrogens with one attached hydrogen (secondary N) is 2. The lowest BCUT2D eigenvalue weighted by Gasteiger charge is -1.98. The zero-order chi connectivity index (χ0) is 15.5. The summed E-state index contributed by atoms with van der Waals surface area (Å²) in [6.07, 6.45) is 2.61. The van der Waals surface area contributed by atoms with E-state index in [1.807, 2.05) is 0 Å². The summed E-state index contributed by atoms with van der Waals surface area (Å²) in [5, 5.41) is 10.5. The third kappa shape index (κ3) is 2.74. The Hall–Kier alpha value is -2.94. The number of amides is 1. The predicted octanol–water partition coefficient (Wildman–Crippen LogP) is 1.68. The number of H-pyrrole nitrogens is 1. The molecule has 22 heavy (non-hydrogen) atoms. The van der Waals surface area contributed by atoms with Crippen LogP contribution < -0.4 is 10.9 Å². The standard InChI is InChI=1S/C13H8FN5O2S/c14-8-4-2-1-3-7(8)12-18-19-13(22-12)17-11(21)9-10(20)16-6-5-15-9/h1-6H,(H,16,20)(H,17,19,21). The first kappa shape index (κ1) is 14.0. The molecule has 0 aliphatic rings. The van der Waals surface area contributed by atoms with Gasteiger partial charge in [0.05, 0.1) is 0 Å². The van der Waals surface area contributed by atoms with Crippen molar-refractivity contribution >= 4 is 22.4 Å². The lowest BCUT2D eigenvalue weighted by atomic mass is 10.2. The molecule has 110 valence electrons. The molecule has 0 aliphatic heterocycles. The van der Waals surface area contributed by atoms with Crippen molar-refractivity contribution in [1.82, 2.24) is 20.2 Å². The maximum Gasteiger partial charge on any atom is 0.281 e. The van der Waals surface area contributed by atoms with Crippen molar-refractivity contribution in [2.75, 3.05) is 5.32 Å². The number of rotatable bonds is 3. The SMILES string of the molecule is O=C(Nc1nnc(-c2ccccc2F)s1)c1ncc[nH]c1=O. The maximum atomic E-state index is 13.7. The third-order valence-corrected chi connectivity index (χ3v) is 3.54. The molecule has 3 aromatic rings. The predicted molar refractivity (Wildman–Crippen MR) is 78.1 cm³/mol. The smallest absolute Gasteiger partial charge is 0.281 e. The minimum atomic E-state index is -0.710. The van der Waals surface area contributed by atoms with Gasteiger partial charge in [-0.15, -0.1) is 10.2 Å². The Morgan fingerprint density at radius 2 is 2.09 bits per heavy atom. The van der Waals surface area contributed by atoms with E-state index in [1.54, 1.807) is 18.2 Å². The first-order chi connectivity index (χ1) is 10.6. The van der Waals surface area contributed by atoms with Gasteiger partial charge in [0.25, 0.3) is 11.5 Å². The third-order valence-electron chi connectivity index (χ3n) is 2.67. The van der Waals surface area contributed by atoms with Gasteiger partial charge in [-0.3, -0.25) is 14.9 Å². The van der Waals surface area contributed by atoms with Crippen LogP contribution in [0.4, 0.5) is 9.52 Å². The fourth-order valence-electron chi connectivity index (χ4n) is 1.69. The average Bonchev–Trinajstić information content (AvgIpc) is 2.96. The Balaban J connectivity index is 1.84. The summed E-state index contributed by atoms with van der Waals surface area (Å²) in [6, 6.07) is 6.11. The monoisotopic (exact) mass is 317 g/mol. The van der Waals surface area contributed by atoms with Crippen molar-refractivity contribution in [3.63, 3.8) is 0 Å². The summed E-state index contributed by atoms with van der Waals surface area (Å²) in [7, 11) is 0. The number of aromatic amines is 1. The highest BCUT2D eigenvalue weighted by Gasteiger charge is 2.16. The van der Waals surface area contributed by atoms with E-state index in [9.17, 15) is 14.0 Å². The molecule has 0 saturated heterocycles. The number of halogens is 1. The van der Waals surface area contributed by atoms with Gasteiger partial charge < -0.3 is 4.98 Å². The molecule has 0 saturated carbocycles. The van der Waals surface area contributed by atoms with E-state index in [2.05, 4.69) is 25.5 Å². The second kappa shape index (κ2) is 5.82. The summed E-state index contributed by atoms with van der Waals surface area (Å²) in [5.74, 6) is -1.14. The molecule has 1 aromatic carbocycles. The number of hydrogen-bond donors (Lipinski definition) is 2. The summed E-state index contributed by atoms with van der Waals surface area (Å²) in [6.45, 7) is 0. The van der Waals surface area contributed by atoms with Gasteiger partial charge >= 0.3 is 0 Å². The van der Waals surface area contributed by atoms with Crippen LogP contribution in [0.1, 0.15) is 10.5 Å². The fraction of sp³-hybridized carbons (Fsp3) is 0. The zero-order valence-corrected chi connectivity index (χ0v) is 11.7. The molecule has 2 aromatic heterocycles. The van der Waals surface area contributed by atoms with Crippen LogP contribution in [-0.4, -0.2) is 26.1 Å². The van der Waals surface area contributed by atoms with E-state index < -0.39 is 17.3 Å². The topological polar surface area (TPSA) is 101 Å². The van der Waals surface area contributed by atoms with Gasteiger partial charge in [0.2, 0.25) is 5.13 Å². The molecule has 0 fully saturated rings. The van der Waals surface area contributed by atoms with Gasteiger partial charge in [-0.1, -0.05) is 23.5 Å². The number of hydrogen-bond acceptors (Lipinski definition) is 6. The van der Waals surface area contributed by atoms with Crippen LogP contribution in [0.5, 0.6) is 0 Å². The largest absolute Gasteiger partial charge is 0.326 e. The molecule has 0 unspecified atom stereocenters. The van der Waals surface area contributed by atoms with E-state index in [1.165, 1.54) is 18.5 Å². The minimum absolute atomic E-state index is 0.147. The van der Waals surface area contributed by atoms with Gasteiger partial charge in [-0.2, -0.15) is 0 Å². The summed E-state index contributed by atoms with van der Waals surface area (Å²) < 4.78 is 13.7. The highest BCUT2D eigenvalue weighted by Crippen LogP contribution is 2.28. The van der Waals surface area contributed by atoms with Crippen LogP contribution in [0, 0.1) is 5.82 Å². The van der Waals surface area contributed by atoms with Crippen molar-refractivity contribution in [2.24, 2.45) is 0 Å². The van der Waals surface area contributed by atoms with Crippen LogP contribution in [0.2, 0.25) is 0 Å². The Morgan fingerprint density at radius 1 is 1.27 bits per heavy atom. The molecule has 2 heterocycles. The molecule has 9 heteroatoms. The van der Waals surface area contributed by atoms with Crippen molar-refractivity contribution in [2.45, 2.75) is 0 Å². The van der Waals surface area contributed by atoms with Gasteiger partial charge in [-0.25, -0.2) is 9.37 Å². The number of benzene rings is 1. The van der Waals surface area contributed by atoms with Crippen LogP contribution in [0.25, 0.3) is 10.6 Å². The van der Waals surface area contributed by atoms with Crippen LogP contribution >= 0.6 is 11.3 Å². The number of carbonyl (C=O) groups excluding carboxylic acids is 1. The van der Waals surface area contributed by atoms with Crippen LogP contribution in [0.15, 0.2) is 41.5 Å². The molecule has 0 atom stereocenters. The molecular weight excluding hydrogens is 309 g/mol. The second-order valence-corrected chi connectivity index (χ2v) is 5.09. The first-order valence-corrected chi connectivity index (χ1v) is 6.90. The van der Waals surface area contributed by atoms with E-state index in [-0.39, 0.29) is 16.4 Å². The average molecular weight is 317 g/mol. The summed E-state index contributed by atoms with van der Waals surface area (Å²) in [4.78, 5) is 29.4. The maximum absolute atomic E-state index is 13.7. The van der Waals surface area contributed by atoms with E-state index in [0.717, 1.165) is 11.3 Å². The lowest BCUT2D eigenvalue weighted by Crippen LogP contribution is -2.24. The summed E-state index contributed by atoms with van der Waals surface area (Å²) in [5.41, 5.74) is -0.611. The highest BCUT2D eigenvalue weighted by molar-refractivity contribution is 7.18. The molecule has 7 nitrogen and oxygen atoms in total. The van der Waals surface area contributed by atoms with E-state index in [4.69, 9.17) is 0 Å². The minimum Gasteiger partial charge on any atom is -0.326 e. The molecule has 0 spiro atoms. The van der Waals surface area contributed by atoms with Crippen LogP contribution in [-0.2, 0) is 0 Å². The molecule has 1 amide bonds. The Kier molecular flexibility index (Phi) is 3.71. The van der Waals surface area contributed by atoms with Crippen molar-refractivity contribution in [3.05, 3.63) is 58.5 Å². The number of carbonyl (C=O) groups is 1. The zero-order valence-electron chi connectivity index (χ0n) is 10.9. The Bertz CT molecular complexity index is 892. The summed E-state index contributed by atoms with van der Waals surface area (Å²) >= 11 is 0.995. The van der Waals surface area contributed by atoms with Gasteiger partial charge in [0, 0.05) is 18.0 Å². The quantitative estimate of drug-likeness (QED) is 0.765. The molecule has 0 radical (unpaired) electrons. The van der Waals surface area contributed by atoms with Crippen LogP contribution in [0.3, 0.4) is 0 Å². The molecule has 0 bridgehead atoms. The molecule has 0 aliphatic carbocycles. The Morgan fingerprint density at radius 3 is 2.86 bits per heavy atom. The van der Waals surface area contributed by atoms with E-state index in [0.29, 0.717) is 5.01 Å². The number of nitrogens with zero attached hydrogens (tertiary/aromatic N) is 3. The fourth-order valence-corrected chi connectivity index (χ4v) is 2.45. The number of anilines is 1. The molecular formula is C13H8FN5O2S. The second-order valence-electron chi connectivity index (χ2n) is 4.11. The van der Waals surface area contributed by atoms with Gasteiger partial charge in [-0.05, 0) is 12.1 Å².